The summed E-state index contributed by atoms with van der Waals surface area (Å²) >= 11 is 0. The van der Waals surface area contributed by atoms with Crippen LogP contribution >= 0.6 is 0 Å². The maximum atomic E-state index is 14.0. The Morgan fingerprint density at radius 1 is 0.275 bits per heavy atom. The van der Waals surface area contributed by atoms with Crippen molar-refractivity contribution in [2.45, 2.75) is 275 Å². The van der Waals surface area contributed by atoms with Gasteiger partial charge in [0.05, 0.1) is 61.9 Å². The first-order chi connectivity index (χ1) is 57.1. The van der Waals surface area contributed by atoms with Gasteiger partial charge in [-0.15, -0.1) is 25.5 Å². The van der Waals surface area contributed by atoms with Crippen molar-refractivity contribution in [3.63, 3.8) is 0 Å². The maximum absolute atomic E-state index is 14.0. The number of hydrogen-bond acceptors (Lipinski definition) is 12. The van der Waals surface area contributed by atoms with E-state index < -0.39 is 0 Å². The molecule has 0 saturated heterocycles. The molecule has 0 bridgehead atoms. The summed E-state index contributed by atoms with van der Waals surface area (Å²) in [5.74, 6) is 0.444. The lowest BCUT2D eigenvalue weighted by Gasteiger charge is -2.42. The van der Waals surface area contributed by atoms with Crippen molar-refractivity contribution in [3.8, 4) is 113 Å². The minimum atomic E-state index is -0.351. The van der Waals surface area contributed by atoms with Crippen LogP contribution in [-0.2, 0) is 40.7 Å². The van der Waals surface area contributed by atoms with Crippen LogP contribution in [0.5, 0.6) is 0 Å². The lowest BCUT2D eigenvalue weighted by molar-refractivity contribution is 0.0961. The van der Waals surface area contributed by atoms with Crippen molar-refractivity contribution in [1.29, 1.82) is 0 Å². The van der Waals surface area contributed by atoms with Gasteiger partial charge < -0.3 is 9.80 Å². The largest absolute Gasteiger partial charge is 0.362 e. The van der Waals surface area contributed by atoms with E-state index in [1.165, 1.54) is 39.1 Å². The van der Waals surface area contributed by atoms with Gasteiger partial charge in [0.1, 0.15) is 28.5 Å². The number of carbonyl (C=O) groups is 1. The lowest BCUT2D eigenvalue weighted by Crippen LogP contribution is -2.48. The fourth-order valence-electron chi connectivity index (χ4n) is 16.9. The molecule has 18 heteroatoms. The van der Waals surface area contributed by atoms with E-state index in [0.29, 0.717) is 11.5 Å². The van der Waals surface area contributed by atoms with E-state index in [1.807, 2.05) is 58.1 Å². The number of carbonyl (C=O) groups excluding carboxylic acids is 1. The Morgan fingerprint density at radius 3 is 0.942 bits per heavy atom. The molecule has 0 saturated carbocycles. The van der Waals surface area contributed by atoms with Gasteiger partial charge in [0, 0.05) is 84.5 Å². The van der Waals surface area contributed by atoms with Gasteiger partial charge in [-0.25, -0.2) is 23.4 Å². The van der Waals surface area contributed by atoms with E-state index in [2.05, 4.69) is 361 Å². The Hall–Kier alpha value is -11.3. The second-order valence-electron chi connectivity index (χ2n) is 38.1. The van der Waals surface area contributed by atoms with Crippen molar-refractivity contribution in [2.75, 3.05) is 9.80 Å². The van der Waals surface area contributed by atoms with Gasteiger partial charge in [-0.05, 0) is 195 Å². The van der Waals surface area contributed by atoms with Gasteiger partial charge in [0.25, 0.3) is 5.91 Å². The van der Waals surface area contributed by atoms with Crippen LogP contribution in [0.3, 0.4) is 0 Å². The minimum Gasteiger partial charge on any atom is -0.362 e. The molecule has 7 heterocycles. The van der Waals surface area contributed by atoms with Gasteiger partial charge in [-0.1, -0.05) is 278 Å². The molecule has 17 rings (SSSR count). The van der Waals surface area contributed by atoms with E-state index in [0.717, 1.165) is 166 Å². The van der Waals surface area contributed by atoms with Crippen LogP contribution in [0, 0.1) is 5.41 Å². The maximum Gasteiger partial charge on any atom is 0.259 e. The fraction of sp³-hybridized carbons (Fsp3) is 0.422. The molecule has 1 atom stereocenters. The molecule has 5 aromatic heterocycles. The van der Waals surface area contributed by atoms with Crippen molar-refractivity contribution in [2.24, 2.45) is 5.41 Å². The van der Waals surface area contributed by atoms with Crippen LogP contribution in [0.1, 0.15) is 251 Å². The number of amides is 1. The summed E-state index contributed by atoms with van der Waals surface area (Å²) in [6, 6.07) is 67.9. The molecule has 18 nitrogen and oxygen atoms in total. The summed E-state index contributed by atoms with van der Waals surface area (Å²) in [5, 5.41) is 47.0. The smallest absolute Gasteiger partial charge is 0.259 e. The molecule has 1 unspecified atom stereocenters. The summed E-state index contributed by atoms with van der Waals surface area (Å²) < 4.78 is 10.5. The fourth-order valence-corrected chi connectivity index (χ4v) is 16.9. The van der Waals surface area contributed by atoms with Crippen LogP contribution in [-0.4, -0.2) is 92.0 Å². The highest BCUT2D eigenvalue weighted by molar-refractivity contribution is 6.15. The first-order valence-corrected chi connectivity index (χ1v) is 43.8. The van der Waals surface area contributed by atoms with Gasteiger partial charge in [-0.2, -0.15) is 0 Å². The first-order valence-electron chi connectivity index (χ1n) is 43.8. The number of rotatable bonds is 16. The number of aromatic nitrogens is 15. The molecular formula is C102H125N17O. The average Bonchev–Trinajstić information content (AvgIpc) is 1.60. The predicted molar refractivity (Wildman–Crippen MR) is 492 cm³/mol. The molecule has 2 aliphatic carbocycles. The number of anilines is 2. The summed E-state index contributed by atoms with van der Waals surface area (Å²) in [5.41, 5.74) is 27.0. The Labute approximate surface area is 712 Å². The summed E-state index contributed by atoms with van der Waals surface area (Å²) in [6.45, 7) is 54.3. The van der Waals surface area contributed by atoms with Crippen LogP contribution in [0.2, 0.25) is 0 Å². The monoisotopic (exact) mass is 1600 g/mol. The Morgan fingerprint density at radius 2 is 0.550 bits per heavy atom. The van der Waals surface area contributed by atoms with Crippen LogP contribution in [0.4, 0.5) is 11.4 Å². The lowest BCUT2D eigenvalue weighted by atomic mass is 9.68. The Kier molecular flexibility index (Phi) is 23.2. The predicted octanol–water partition coefficient (Wildman–Crippen LogP) is 25.1. The number of benzene rings is 8. The zero-order chi connectivity index (χ0) is 86.0. The zero-order valence-corrected chi connectivity index (χ0v) is 75.6. The quantitative estimate of drug-likeness (QED) is 0.0896. The molecule has 0 N–H and O–H groups in total. The van der Waals surface area contributed by atoms with Crippen molar-refractivity contribution < 1.29 is 4.79 Å². The molecule has 0 fully saturated rings. The van der Waals surface area contributed by atoms with E-state index >= 15 is 0 Å². The third-order valence-corrected chi connectivity index (χ3v) is 27.7. The Balaban J connectivity index is 0.000000131. The number of fused-ring (bicyclic) bond motifs is 23. The van der Waals surface area contributed by atoms with E-state index in [4.69, 9.17) is 25.6 Å². The van der Waals surface area contributed by atoms with Crippen molar-refractivity contribution in [3.05, 3.63) is 216 Å². The molecule has 1 amide bonds. The summed E-state index contributed by atoms with van der Waals surface area (Å²) in [4.78, 5) is 18.5. The molecule has 2 aliphatic heterocycles. The number of para-hydroxylation sites is 2. The topological polar surface area (TPSA) is 177 Å². The van der Waals surface area contributed by atoms with Crippen LogP contribution in [0.15, 0.2) is 194 Å². The van der Waals surface area contributed by atoms with Crippen molar-refractivity contribution >= 4 is 17.3 Å². The summed E-state index contributed by atoms with van der Waals surface area (Å²) in [6.07, 6.45) is 8.83. The van der Waals surface area contributed by atoms with Crippen LogP contribution < -0.4 is 9.80 Å². The molecule has 0 spiro atoms. The van der Waals surface area contributed by atoms with E-state index in [-0.39, 0.29) is 50.1 Å². The molecule has 0 radical (unpaired) electrons. The highest BCUT2D eigenvalue weighted by atomic mass is 16.2. The molecule has 4 aliphatic rings. The highest BCUT2D eigenvalue weighted by Crippen LogP contribution is 2.53. The SMILES string of the molecule is CCC(C)(C)C1Cc2ccccc2-c2c(nnn2C(C)(C)CC)-c2ccccc21.CCC(C)(C)N1C(=O)c2ccccc2-c2c(nnn2C(C)(C)CC)-c2ccccc21.CCC(C)(C)N1Cc2ccccc2-c2c(nnn2C(C)(C)CC)-c2ccccc21.CCC(C)(C)n1nnc2c1-c1ccccc1-c1nnn(C(C)(C)CC)c1-c1ccccc1-2. The molecule has 624 valence electrons. The summed E-state index contributed by atoms with van der Waals surface area (Å²) in [7, 11) is 0. The third-order valence-electron chi connectivity index (χ3n) is 27.7. The van der Waals surface area contributed by atoms with Gasteiger partial charge >= 0.3 is 0 Å². The number of hydrogen-bond donors (Lipinski definition) is 0. The highest BCUT2D eigenvalue weighted by Gasteiger charge is 2.43. The van der Waals surface area contributed by atoms with Gasteiger partial charge in [-0.3, -0.25) is 4.79 Å². The average molecular weight is 1610 g/mol. The number of nitrogens with zero attached hydrogens (tertiary/aromatic N) is 17. The van der Waals surface area contributed by atoms with Crippen LogP contribution in [0.25, 0.3) is 113 Å². The van der Waals surface area contributed by atoms with Crippen molar-refractivity contribution in [1.82, 2.24) is 75.0 Å². The second-order valence-corrected chi connectivity index (χ2v) is 38.1. The normalized spacial score (nSPS) is 14.3. The third kappa shape index (κ3) is 15.0. The van der Waals surface area contributed by atoms with Gasteiger partial charge in [0.15, 0.2) is 0 Å². The molecular weight excluding hydrogens is 1480 g/mol. The second kappa shape index (κ2) is 32.7. The van der Waals surface area contributed by atoms with E-state index in [1.54, 1.807) is 0 Å². The van der Waals surface area contributed by atoms with Gasteiger partial charge in [0.2, 0.25) is 0 Å². The molecule has 8 aromatic carbocycles. The molecule has 13 aromatic rings. The zero-order valence-electron chi connectivity index (χ0n) is 75.6. The first kappa shape index (κ1) is 85.2. The Bertz CT molecular complexity index is 5630. The standard InChI is InChI=1S/C26H30N6.C26H33N3.C25H30N4O.C25H32N4/c1-7-25(3,4)31-23-19-15-11-9-13-17(19)22-24(32(30-28-22)26(5,6)8-2)20-16-12-10-14-18(20)21(23)27-29-31;1-7-25(3,4)22-17-18-13-9-10-14-19(18)24-23(21-16-12-11-15-20(21)22)27-28-29(24)26(5,6)8-2;1-7-24(3,4)28-20-16-12-11-15-19(20)21-22(29(27-26-21)25(5,6)8-2)17-13-9-10-14-18(17)23(28)30;1-7-24(3,4)28-17-18-13-9-10-14-19(18)23-22(20-15-11-12-16-21(20)28)26-27-29(23)25(5,6)8-2/h9-16H,7-8H2,1-6H3;9-16,22H,7-8,17H2,1-6H3;9-16H,7-8H2,1-6H3;9-16H,7-8,17H2,1-6H3. The van der Waals surface area contributed by atoms with E-state index in [9.17, 15) is 4.79 Å². The molecule has 120 heavy (non-hydrogen) atoms. The minimum absolute atomic E-state index is 0.0117.